The van der Waals surface area contributed by atoms with Crippen LogP contribution in [0, 0.1) is 0 Å². The molecule has 6 heteroatoms. The Kier molecular flexibility index (Phi) is 4.43. The molecule has 4 atom stereocenters. The molecule has 2 fully saturated rings. The molecule has 1 aromatic rings. The smallest absolute Gasteiger partial charge is 0.226 e. The molecule has 27 heavy (non-hydrogen) atoms. The van der Waals surface area contributed by atoms with Crippen molar-refractivity contribution < 1.29 is 23.4 Å². The molecule has 0 unspecified atom stereocenters. The molecule has 0 N–H and O–H groups in total. The lowest BCUT2D eigenvalue weighted by Gasteiger charge is -2.37. The van der Waals surface area contributed by atoms with Gasteiger partial charge in [0.1, 0.15) is 18.3 Å². The molecule has 3 aliphatic heterocycles. The SMILES string of the molecule is CC1(C)O[C@H]2[C@@H](O1)[C@@]1(OCc3ccccc31)O[C@@H]2CO[Si](C)(C)C(C)(C)C. The van der Waals surface area contributed by atoms with Crippen LogP contribution in [0.15, 0.2) is 24.3 Å². The van der Waals surface area contributed by atoms with Crippen molar-refractivity contribution in [3.63, 3.8) is 0 Å². The van der Waals surface area contributed by atoms with Gasteiger partial charge < -0.3 is 23.4 Å². The highest BCUT2D eigenvalue weighted by molar-refractivity contribution is 6.74. The zero-order valence-electron chi connectivity index (χ0n) is 17.5. The van der Waals surface area contributed by atoms with Gasteiger partial charge in [-0.1, -0.05) is 45.0 Å². The van der Waals surface area contributed by atoms with Gasteiger partial charge in [-0.3, -0.25) is 0 Å². The van der Waals surface area contributed by atoms with Crippen molar-refractivity contribution in [3.05, 3.63) is 35.4 Å². The van der Waals surface area contributed by atoms with Crippen LogP contribution in [-0.4, -0.2) is 39.0 Å². The summed E-state index contributed by atoms with van der Waals surface area (Å²) in [4.78, 5) is 0. The maximum absolute atomic E-state index is 6.53. The van der Waals surface area contributed by atoms with Gasteiger partial charge in [0.25, 0.3) is 0 Å². The second-order valence-corrected chi connectivity index (χ2v) is 14.7. The second-order valence-electron chi connectivity index (χ2n) is 9.86. The molecular weight excluding hydrogens is 360 g/mol. The predicted octanol–water partition coefficient (Wildman–Crippen LogP) is 4.31. The van der Waals surface area contributed by atoms with E-state index in [9.17, 15) is 0 Å². The van der Waals surface area contributed by atoms with E-state index in [1.165, 1.54) is 0 Å². The Morgan fingerprint density at radius 1 is 1.11 bits per heavy atom. The lowest BCUT2D eigenvalue weighted by Crippen LogP contribution is -2.44. The van der Waals surface area contributed by atoms with Gasteiger partial charge in [-0.25, -0.2) is 0 Å². The summed E-state index contributed by atoms with van der Waals surface area (Å²) in [6.07, 6.45) is -0.739. The van der Waals surface area contributed by atoms with Gasteiger partial charge in [-0.2, -0.15) is 0 Å². The Hall–Kier alpha value is -0.763. The first kappa shape index (κ1) is 19.5. The fraction of sp³-hybridized carbons (Fsp3) is 0.714. The fourth-order valence-electron chi connectivity index (χ4n) is 3.93. The molecule has 0 radical (unpaired) electrons. The van der Waals surface area contributed by atoms with Crippen molar-refractivity contribution in [2.75, 3.05) is 6.61 Å². The zero-order valence-corrected chi connectivity index (χ0v) is 18.5. The van der Waals surface area contributed by atoms with Gasteiger partial charge >= 0.3 is 0 Å². The summed E-state index contributed by atoms with van der Waals surface area (Å²) in [5.41, 5.74) is 2.20. The molecule has 0 aromatic heterocycles. The first-order valence-corrected chi connectivity index (χ1v) is 12.8. The van der Waals surface area contributed by atoms with Crippen LogP contribution in [0.3, 0.4) is 0 Å². The molecule has 0 amide bonds. The van der Waals surface area contributed by atoms with Crippen molar-refractivity contribution in [1.29, 1.82) is 0 Å². The summed E-state index contributed by atoms with van der Waals surface area (Å²) in [5.74, 6) is -1.57. The fourth-order valence-corrected chi connectivity index (χ4v) is 4.95. The average molecular weight is 393 g/mol. The van der Waals surface area contributed by atoms with Crippen LogP contribution in [-0.2, 0) is 35.8 Å². The van der Waals surface area contributed by atoms with Gasteiger partial charge in [0.15, 0.2) is 14.1 Å². The van der Waals surface area contributed by atoms with Crippen LogP contribution >= 0.6 is 0 Å². The van der Waals surface area contributed by atoms with Crippen molar-refractivity contribution in [3.8, 4) is 0 Å². The minimum Gasteiger partial charge on any atom is -0.414 e. The van der Waals surface area contributed by atoms with E-state index in [1.54, 1.807) is 0 Å². The molecule has 5 nitrogen and oxygen atoms in total. The standard InChI is InChI=1S/C21H32O5Si/c1-19(2,3)27(6,7)23-13-16-17-18(26-20(4,5)25-17)21(24-16)15-11-9-8-10-14(15)12-22-21/h8-11,16-18H,12-13H2,1-7H3/t16-,17-,18-,21+/m1/s1. The molecule has 150 valence electrons. The van der Waals surface area contributed by atoms with Gasteiger partial charge in [0.05, 0.1) is 13.2 Å². The molecule has 2 saturated heterocycles. The summed E-state index contributed by atoms with van der Waals surface area (Å²) in [6, 6.07) is 8.21. The topological polar surface area (TPSA) is 46.2 Å². The maximum atomic E-state index is 6.53. The predicted molar refractivity (Wildman–Crippen MR) is 105 cm³/mol. The lowest BCUT2D eigenvalue weighted by molar-refractivity contribution is -0.297. The van der Waals surface area contributed by atoms with Crippen molar-refractivity contribution in [1.82, 2.24) is 0 Å². The Balaban J connectivity index is 1.62. The van der Waals surface area contributed by atoms with E-state index in [0.717, 1.165) is 11.1 Å². The van der Waals surface area contributed by atoms with Crippen LogP contribution in [0.5, 0.6) is 0 Å². The van der Waals surface area contributed by atoms with E-state index in [-0.39, 0.29) is 23.4 Å². The van der Waals surface area contributed by atoms with Gasteiger partial charge in [-0.05, 0) is 37.5 Å². The van der Waals surface area contributed by atoms with Crippen LogP contribution in [0.2, 0.25) is 18.1 Å². The van der Waals surface area contributed by atoms with Gasteiger partial charge in [0.2, 0.25) is 5.79 Å². The first-order chi connectivity index (χ1) is 12.5. The molecule has 4 rings (SSSR count). The molecular formula is C21H32O5Si. The van der Waals surface area contributed by atoms with Crippen LogP contribution in [0.25, 0.3) is 0 Å². The Morgan fingerprint density at radius 3 is 2.52 bits per heavy atom. The third kappa shape index (κ3) is 3.11. The van der Waals surface area contributed by atoms with Gasteiger partial charge in [-0.15, -0.1) is 0 Å². The quantitative estimate of drug-likeness (QED) is 0.717. The van der Waals surface area contributed by atoms with Crippen LogP contribution in [0.4, 0.5) is 0 Å². The molecule has 3 heterocycles. The number of hydrogen-bond donors (Lipinski definition) is 0. The van der Waals surface area contributed by atoms with Crippen molar-refractivity contribution in [2.24, 2.45) is 0 Å². The normalized spacial score (nSPS) is 34.9. The average Bonchev–Trinajstić information content (AvgIpc) is 3.17. The van der Waals surface area contributed by atoms with E-state index in [0.29, 0.717) is 13.2 Å². The third-order valence-corrected chi connectivity index (χ3v) is 10.9. The molecule has 0 aliphatic carbocycles. The lowest BCUT2D eigenvalue weighted by atomic mass is 9.96. The zero-order chi connectivity index (χ0) is 19.7. The highest BCUT2D eigenvalue weighted by Gasteiger charge is 2.66. The van der Waals surface area contributed by atoms with Gasteiger partial charge in [0, 0.05) is 5.56 Å². The monoisotopic (exact) mass is 392 g/mol. The summed E-state index contributed by atoms with van der Waals surface area (Å²) in [6.45, 7) is 16.2. The Morgan fingerprint density at radius 2 is 1.81 bits per heavy atom. The van der Waals surface area contributed by atoms with E-state index in [2.05, 4.69) is 46.0 Å². The second kappa shape index (κ2) is 6.12. The Labute approximate surface area is 163 Å². The van der Waals surface area contributed by atoms with Crippen molar-refractivity contribution >= 4 is 8.32 Å². The summed E-state index contributed by atoms with van der Waals surface area (Å²) >= 11 is 0. The van der Waals surface area contributed by atoms with Crippen LogP contribution < -0.4 is 0 Å². The molecule has 1 spiro atoms. The number of ether oxygens (including phenoxy) is 4. The molecule has 0 saturated carbocycles. The number of benzene rings is 1. The van der Waals surface area contributed by atoms with E-state index >= 15 is 0 Å². The van der Waals surface area contributed by atoms with Crippen molar-refractivity contribution in [2.45, 2.75) is 89.2 Å². The van der Waals surface area contributed by atoms with E-state index < -0.39 is 19.9 Å². The molecule has 0 bridgehead atoms. The number of rotatable bonds is 3. The summed E-state index contributed by atoms with van der Waals surface area (Å²) < 4.78 is 31.8. The summed E-state index contributed by atoms with van der Waals surface area (Å²) in [5, 5.41) is 0.144. The maximum Gasteiger partial charge on any atom is 0.226 e. The van der Waals surface area contributed by atoms with E-state index in [4.69, 9.17) is 23.4 Å². The number of hydrogen-bond acceptors (Lipinski definition) is 5. The van der Waals surface area contributed by atoms with E-state index in [1.807, 2.05) is 26.0 Å². The first-order valence-electron chi connectivity index (χ1n) is 9.85. The Bertz CT molecular complexity index is 726. The summed E-state index contributed by atoms with van der Waals surface area (Å²) in [7, 11) is -1.89. The minimum atomic E-state index is -1.89. The van der Waals surface area contributed by atoms with Crippen LogP contribution in [0.1, 0.15) is 45.7 Å². The molecule has 1 aromatic carbocycles. The molecule has 3 aliphatic rings. The number of fused-ring (bicyclic) bond motifs is 4. The third-order valence-electron chi connectivity index (χ3n) is 6.45. The largest absolute Gasteiger partial charge is 0.414 e. The highest BCUT2D eigenvalue weighted by atomic mass is 28.4. The highest BCUT2D eigenvalue weighted by Crippen LogP contribution is 2.53. The minimum absolute atomic E-state index is 0.144.